The summed E-state index contributed by atoms with van der Waals surface area (Å²) in [6.07, 6.45) is 0. The number of carbonyl (C=O) groups excluding carboxylic acids is 2. The number of ketones is 2. The predicted molar refractivity (Wildman–Crippen MR) is 108 cm³/mol. The number of hydrogen-bond acceptors (Lipinski definition) is 2. The first-order valence-corrected chi connectivity index (χ1v) is 8.90. The van der Waals surface area contributed by atoms with Gasteiger partial charge in [0.1, 0.15) is 5.82 Å². The normalized spacial score (nSPS) is 11.1. The quantitative estimate of drug-likeness (QED) is 0.250. The van der Waals surface area contributed by atoms with Gasteiger partial charge >= 0.3 is 7.27 Å². The molecule has 0 unspecified atom stereocenters. The smallest absolute Gasteiger partial charge is 0.294 e. The maximum Gasteiger partial charge on any atom is 0.556 e. The van der Waals surface area contributed by atoms with E-state index in [9.17, 15) is 18.2 Å². The molecular weight excluding hydrogens is 357 g/mol. The van der Waals surface area contributed by atoms with E-state index in [1.165, 1.54) is 12.1 Å². The largest absolute Gasteiger partial charge is 0.556 e. The lowest BCUT2D eigenvalue weighted by Crippen LogP contribution is -2.28. The number of halogens is 2. The molecule has 0 spiro atoms. The molecule has 136 valence electrons. The van der Waals surface area contributed by atoms with Crippen LogP contribution in [0.25, 0.3) is 21.5 Å². The zero-order valence-corrected chi connectivity index (χ0v) is 14.8. The Morgan fingerprint density at radius 3 is 1.43 bits per heavy atom. The highest BCUT2D eigenvalue weighted by atomic mass is 19.2. The van der Waals surface area contributed by atoms with E-state index in [0.717, 1.165) is 10.8 Å². The molecule has 0 aromatic heterocycles. The first-order chi connectivity index (χ1) is 13.6. The summed E-state index contributed by atoms with van der Waals surface area (Å²) in [7, 11) is -3.10. The third kappa shape index (κ3) is 3.09. The van der Waals surface area contributed by atoms with Gasteiger partial charge in [0, 0.05) is 11.1 Å². The number of fused-ring (bicyclic) bond motifs is 2. The van der Waals surface area contributed by atoms with Gasteiger partial charge < -0.3 is 0 Å². The van der Waals surface area contributed by atoms with E-state index in [4.69, 9.17) is 0 Å². The molecule has 4 rings (SSSR count). The van der Waals surface area contributed by atoms with Gasteiger partial charge in [-0.05, 0) is 21.5 Å². The third-order valence-electron chi connectivity index (χ3n) is 4.93. The van der Waals surface area contributed by atoms with Crippen molar-refractivity contribution in [1.29, 1.82) is 0 Å². The predicted octanol–water partition coefficient (Wildman–Crippen LogP) is 5.86. The Kier molecular flexibility index (Phi) is 4.74. The van der Waals surface area contributed by atoms with Crippen molar-refractivity contribution in [1.82, 2.24) is 0 Å². The minimum Gasteiger partial charge on any atom is -0.294 e. The molecule has 5 heteroatoms. The molecule has 0 N–H and O–H groups in total. The van der Waals surface area contributed by atoms with Crippen LogP contribution >= 0.6 is 0 Å². The van der Waals surface area contributed by atoms with Gasteiger partial charge in [-0.25, -0.2) is 0 Å². The van der Waals surface area contributed by atoms with E-state index in [1.807, 2.05) is 12.1 Å². The monoisotopic (exact) mass is 372 g/mol. The number of rotatable bonds is 5. The first-order valence-electron chi connectivity index (χ1n) is 8.90. The summed E-state index contributed by atoms with van der Waals surface area (Å²) in [5.74, 6) is -3.76. The number of hydrogen-bond donors (Lipinski definition) is 0. The second kappa shape index (κ2) is 7.35. The molecule has 0 aliphatic heterocycles. The Labute approximate surface area is 161 Å². The summed E-state index contributed by atoms with van der Waals surface area (Å²) in [6, 6.07) is 24.0. The van der Waals surface area contributed by atoms with E-state index >= 15 is 0 Å². The lowest BCUT2D eigenvalue weighted by Gasteiger charge is -2.15. The molecule has 0 atom stereocenters. The van der Waals surface area contributed by atoms with Crippen LogP contribution in [0.5, 0.6) is 0 Å². The van der Waals surface area contributed by atoms with Gasteiger partial charge in [0.25, 0.3) is 0 Å². The van der Waals surface area contributed by atoms with Crippen molar-refractivity contribution >= 4 is 40.4 Å². The first kappa shape index (κ1) is 18.0. The third-order valence-corrected chi connectivity index (χ3v) is 4.93. The molecular formula is C23H15BF2O2. The van der Waals surface area contributed by atoms with Gasteiger partial charge in [-0.2, -0.15) is 0 Å². The van der Waals surface area contributed by atoms with Gasteiger partial charge in [-0.1, -0.05) is 84.9 Å². The van der Waals surface area contributed by atoms with Gasteiger partial charge in [-0.3, -0.25) is 18.2 Å². The molecule has 4 aromatic carbocycles. The summed E-state index contributed by atoms with van der Waals surface area (Å²) in [5.41, 5.74) is 0.272. The Morgan fingerprint density at radius 2 is 1.00 bits per heavy atom. The topological polar surface area (TPSA) is 34.1 Å². The van der Waals surface area contributed by atoms with Crippen LogP contribution in [0.4, 0.5) is 8.63 Å². The van der Waals surface area contributed by atoms with Crippen LogP contribution in [0.3, 0.4) is 0 Å². The lowest BCUT2D eigenvalue weighted by molar-refractivity contribution is 0.0887. The van der Waals surface area contributed by atoms with Gasteiger partial charge in [0.2, 0.25) is 0 Å². The molecule has 0 saturated carbocycles. The summed E-state index contributed by atoms with van der Waals surface area (Å²) in [6.45, 7) is 0. The van der Waals surface area contributed by atoms with Crippen molar-refractivity contribution in [2.75, 3.05) is 0 Å². The number of carbonyl (C=O) groups is 2. The van der Waals surface area contributed by atoms with Crippen LogP contribution < -0.4 is 0 Å². The van der Waals surface area contributed by atoms with Crippen molar-refractivity contribution in [2.24, 2.45) is 0 Å². The fraction of sp³-hybridized carbons (Fsp3) is 0.0435. The Hall–Kier alpha value is -3.34. The molecule has 0 fully saturated rings. The molecule has 0 amide bonds. The van der Waals surface area contributed by atoms with E-state index in [1.54, 1.807) is 60.7 Å². The van der Waals surface area contributed by atoms with Crippen molar-refractivity contribution < 1.29 is 18.2 Å². The lowest BCUT2D eigenvalue weighted by atomic mass is 9.68. The molecule has 0 bridgehead atoms. The van der Waals surface area contributed by atoms with Gasteiger partial charge in [0.15, 0.2) is 11.6 Å². The van der Waals surface area contributed by atoms with Crippen molar-refractivity contribution in [3.8, 4) is 0 Å². The molecule has 0 aliphatic rings. The van der Waals surface area contributed by atoms with E-state index < -0.39 is 24.7 Å². The molecule has 0 aliphatic carbocycles. The molecule has 28 heavy (non-hydrogen) atoms. The Morgan fingerprint density at radius 1 is 0.607 bits per heavy atom. The standard InChI is InChI=1S/C23H15BF2O2/c25-24(26)21(22(27)19-13-5-9-15-7-1-3-11-17(15)19)23(28)20-14-6-10-16-8-2-4-12-18(16)20/h1-14,21H. The van der Waals surface area contributed by atoms with E-state index in [-0.39, 0.29) is 11.1 Å². The fourth-order valence-electron chi connectivity index (χ4n) is 3.56. The van der Waals surface area contributed by atoms with Gasteiger partial charge in [0.05, 0.1) is 0 Å². The summed E-state index contributed by atoms with van der Waals surface area (Å²) in [5, 5.41) is 2.65. The maximum absolute atomic E-state index is 13.9. The van der Waals surface area contributed by atoms with Crippen LogP contribution in [0.1, 0.15) is 20.7 Å². The van der Waals surface area contributed by atoms with Crippen LogP contribution in [-0.4, -0.2) is 18.8 Å². The summed E-state index contributed by atoms with van der Waals surface area (Å²) < 4.78 is 27.9. The Bertz CT molecular complexity index is 1100. The second-order valence-corrected chi connectivity index (χ2v) is 6.59. The maximum atomic E-state index is 13.9. The average molecular weight is 372 g/mol. The van der Waals surface area contributed by atoms with Crippen molar-refractivity contribution in [3.05, 3.63) is 96.1 Å². The van der Waals surface area contributed by atoms with Crippen LogP contribution in [-0.2, 0) is 0 Å². The highest BCUT2D eigenvalue weighted by Crippen LogP contribution is 2.31. The molecule has 4 aromatic rings. The highest BCUT2D eigenvalue weighted by molar-refractivity contribution is 6.60. The van der Waals surface area contributed by atoms with E-state index in [2.05, 4.69) is 0 Å². The SMILES string of the molecule is O=C(c1cccc2ccccc12)C(B(F)F)C(=O)c1cccc2ccccc12. The van der Waals surface area contributed by atoms with Crippen molar-refractivity contribution in [2.45, 2.75) is 5.82 Å². The van der Waals surface area contributed by atoms with Crippen LogP contribution in [0.15, 0.2) is 84.9 Å². The van der Waals surface area contributed by atoms with Gasteiger partial charge in [-0.15, -0.1) is 0 Å². The second-order valence-electron chi connectivity index (χ2n) is 6.59. The molecule has 2 nitrogen and oxygen atoms in total. The van der Waals surface area contributed by atoms with Crippen LogP contribution in [0.2, 0.25) is 5.82 Å². The Balaban J connectivity index is 1.83. The average Bonchev–Trinajstić information content (AvgIpc) is 2.72. The number of Topliss-reactive ketones (excluding diaryl/α,β-unsaturated/α-hetero) is 2. The highest BCUT2D eigenvalue weighted by Gasteiger charge is 2.42. The van der Waals surface area contributed by atoms with Crippen LogP contribution in [0, 0.1) is 0 Å². The fourth-order valence-corrected chi connectivity index (χ4v) is 3.56. The van der Waals surface area contributed by atoms with Crippen molar-refractivity contribution in [3.63, 3.8) is 0 Å². The van der Waals surface area contributed by atoms with E-state index in [0.29, 0.717) is 10.8 Å². The zero-order valence-electron chi connectivity index (χ0n) is 14.8. The minimum atomic E-state index is -3.10. The summed E-state index contributed by atoms with van der Waals surface area (Å²) in [4.78, 5) is 26.1. The minimum absolute atomic E-state index is 0.136. The molecule has 0 radical (unpaired) electrons. The molecule has 0 saturated heterocycles. The zero-order chi connectivity index (χ0) is 19.7. The summed E-state index contributed by atoms with van der Waals surface area (Å²) >= 11 is 0. The number of benzene rings is 4. The molecule has 0 heterocycles.